The maximum absolute atomic E-state index is 3.44. The molecule has 0 aromatic heterocycles. The highest BCUT2D eigenvalue weighted by Crippen LogP contribution is 2.35. The van der Waals surface area contributed by atoms with Gasteiger partial charge in [0.05, 0.1) is 0 Å². The summed E-state index contributed by atoms with van der Waals surface area (Å²) in [5, 5.41) is 3.44. The normalized spacial score (nSPS) is 17.9. The second kappa shape index (κ2) is 12.6. The Hall–Kier alpha value is 0.270. The first-order valence-electron chi connectivity index (χ1n) is 9.76. The number of alkyl halides is 1. The summed E-state index contributed by atoms with van der Waals surface area (Å²) in [6, 6.07) is 0. The van der Waals surface area contributed by atoms with Crippen molar-refractivity contribution in [3.63, 3.8) is 0 Å². The first-order valence-corrected chi connectivity index (χ1v) is 11.0. The summed E-state index contributed by atoms with van der Waals surface area (Å²) in [6.45, 7) is 17.8. The van der Waals surface area contributed by atoms with E-state index in [1.54, 1.807) is 0 Å². The lowest BCUT2D eigenvalue weighted by Gasteiger charge is -2.31. The molecule has 2 heteroatoms. The zero-order chi connectivity index (χ0) is 17.9. The third-order valence-electron chi connectivity index (χ3n) is 5.19. The number of hydrogen-bond donors (Lipinski definition) is 1. The molecule has 0 aromatic carbocycles. The summed E-state index contributed by atoms with van der Waals surface area (Å²) >= 11 is 2.52. The fourth-order valence-electron chi connectivity index (χ4n) is 3.20. The fourth-order valence-corrected chi connectivity index (χ4v) is 3.46. The van der Waals surface area contributed by atoms with Gasteiger partial charge >= 0.3 is 0 Å². The molecule has 0 amide bonds. The SMILES string of the molecule is CCC[C@H](C)C(C)CC(C)(C)CCC(C)/C=C/NC[C@@H](I)CC. The van der Waals surface area contributed by atoms with Crippen LogP contribution in [0.2, 0.25) is 0 Å². The van der Waals surface area contributed by atoms with Crippen molar-refractivity contribution in [2.24, 2.45) is 23.2 Å². The quantitative estimate of drug-likeness (QED) is 0.238. The van der Waals surface area contributed by atoms with E-state index in [0.717, 1.165) is 22.3 Å². The lowest BCUT2D eigenvalue weighted by molar-refractivity contribution is 0.201. The molecule has 0 spiro atoms. The maximum atomic E-state index is 3.44. The van der Waals surface area contributed by atoms with Crippen molar-refractivity contribution >= 4 is 22.6 Å². The molecule has 0 rings (SSSR count). The van der Waals surface area contributed by atoms with Crippen LogP contribution in [0.1, 0.15) is 87.0 Å². The fraction of sp³-hybridized carbons (Fsp3) is 0.905. The van der Waals surface area contributed by atoms with E-state index in [-0.39, 0.29) is 0 Å². The van der Waals surface area contributed by atoms with Gasteiger partial charge in [-0.25, -0.2) is 0 Å². The average molecular weight is 435 g/mol. The Balaban J connectivity index is 4.09. The van der Waals surface area contributed by atoms with E-state index in [1.165, 1.54) is 38.5 Å². The number of hydrogen-bond acceptors (Lipinski definition) is 1. The third kappa shape index (κ3) is 12.3. The number of nitrogens with one attached hydrogen (secondary N) is 1. The van der Waals surface area contributed by atoms with Gasteiger partial charge in [0.15, 0.2) is 0 Å². The van der Waals surface area contributed by atoms with E-state index >= 15 is 0 Å². The van der Waals surface area contributed by atoms with Crippen molar-refractivity contribution < 1.29 is 0 Å². The van der Waals surface area contributed by atoms with E-state index in [9.17, 15) is 0 Å². The Labute approximate surface area is 160 Å². The zero-order valence-corrected chi connectivity index (χ0v) is 18.9. The molecule has 23 heavy (non-hydrogen) atoms. The van der Waals surface area contributed by atoms with Crippen LogP contribution in [0.3, 0.4) is 0 Å². The van der Waals surface area contributed by atoms with Crippen molar-refractivity contribution in [1.82, 2.24) is 5.32 Å². The standard InChI is InChI=1S/C21H42IN/c1-8-10-18(4)19(5)15-21(6,7)13-11-17(3)12-14-23-16-20(22)9-2/h12,14,17-20,23H,8-11,13,15-16H2,1-7H3/b14-12+/t17?,18-,19?,20-/m0/s1. The van der Waals surface area contributed by atoms with Crippen LogP contribution in [0.15, 0.2) is 12.3 Å². The predicted molar refractivity (Wildman–Crippen MR) is 115 cm³/mol. The second-order valence-electron chi connectivity index (χ2n) is 8.40. The molecule has 0 saturated carbocycles. The summed E-state index contributed by atoms with van der Waals surface area (Å²) < 4.78 is 0.734. The van der Waals surface area contributed by atoms with E-state index in [0.29, 0.717) is 11.3 Å². The molecule has 0 aliphatic heterocycles. The predicted octanol–water partition coefficient (Wildman–Crippen LogP) is 7.21. The Morgan fingerprint density at radius 3 is 2.26 bits per heavy atom. The van der Waals surface area contributed by atoms with Crippen molar-refractivity contribution in [3.05, 3.63) is 12.3 Å². The molecule has 0 aliphatic carbocycles. The van der Waals surface area contributed by atoms with Gasteiger partial charge in [-0.1, -0.05) is 90.0 Å². The Bertz CT molecular complexity index is 311. The van der Waals surface area contributed by atoms with Crippen LogP contribution in [-0.2, 0) is 0 Å². The molecule has 0 bridgehead atoms. The molecule has 0 aliphatic rings. The average Bonchev–Trinajstić information content (AvgIpc) is 2.49. The molecule has 0 aromatic rings. The molecule has 138 valence electrons. The van der Waals surface area contributed by atoms with Gasteiger partial charge in [-0.2, -0.15) is 0 Å². The topological polar surface area (TPSA) is 12.0 Å². The van der Waals surface area contributed by atoms with Crippen LogP contribution in [-0.4, -0.2) is 10.5 Å². The molecular weight excluding hydrogens is 393 g/mol. The van der Waals surface area contributed by atoms with Crippen LogP contribution in [0.25, 0.3) is 0 Å². The van der Waals surface area contributed by atoms with E-state index < -0.39 is 0 Å². The number of allylic oxidation sites excluding steroid dienone is 1. The summed E-state index contributed by atoms with van der Waals surface area (Å²) in [5.74, 6) is 2.37. The monoisotopic (exact) mass is 435 g/mol. The molecule has 0 heterocycles. The number of rotatable bonds is 13. The van der Waals surface area contributed by atoms with Crippen molar-refractivity contribution in [1.29, 1.82) is 0 Å². The highest BCUT2D eigenvalue weighted by atomic mass is 127. The Morgan fingerprint density at radius 2 is 1.70 bits per heavy atom. The second-order valence-corrected chi connectivity index (χ2v) is 10.2. The zero-order valence-electron chi connectivity index (χ0n) is 16.8. The smallest absolute Gasteiger partial charge is 0.0280 e. The van der Waals surface area contributed by atoms with Crippen molar-refractivity contribution in [2.75, 3.05) is 6.54 Å². The van der Waals surface area contributed by atoms with Gasteiger partial charge in [-0.3, -0.25) is 0 Å². The summed E-state index contributed by atoms with van der Waals surface area (Å²) in [7, 11) is 0. The lowest BCUT2D eigenvalue weighted by atomic mass is 9.74. The molecule has 0 radical (unpaired) electrons. The van der Waals surface area contributed by atoms with E-state index in [4.69, 9.17) is 0 Å². The lowest BCUT2D eigenvalue weighted by Crippen LogP contribution is -2.20. The highest BCUT2D eigenvalue weighted by molar-refractivity contribution is 14.1. The maximum Gasteiger partial charge on any atom is 0.0280 e. The van der Waals surface area contributed by atoms with Gasteiger partial charge < -0.3 is 5.32 Å². The van der Waals surface area contributed by atoms with Crippen LogP contribution in [0.4, 0.5) is 0 Å². The van der Waals surface area contributed by atoms with Gasteiger partial charge in [-0.15, -0.1) is 0 Å². The van der Waals surface area contributed by atoms with Gasteiger partial charge in [0.1, 0.15) is 0 Å². The summed E-state index contributed by atoms with van der Waals surface area (Å²) in [5.41, 5.74) is 0.465. The molecule has 2 unspecified atom stereocenters. The van der Waals surface area contributed by atoms with Crippen molar-refractivity contribution in [3.8, 4) is 0 Å². The van der Waals surface area contributed by atoms with Gasteiger partial charge in [0.2, 0.25) is 0 Å². The first-order chi connectivity index (χ1) is 10.7. The van der Waals surface area contributed by atoms with Gasteiger partial charge in [-0.05, 0) is 55.1 Å². The van der Waals surface area contributed by atoms with Gasteiger partial charge in [0.25, 0.3) is 0 Å². The summed E-state index contributed by atoms with van der Waals surface area (Å²) in [6.07, 6.45) is 12.4. The van der Waals surface area contributed by atoms with Crippen LogP contribution < -0.4 is 5.32 Å². The van der Waals surface area contributed by atoms with Crippen molar-refractivity contribution in [2.45, 2.75) is 90.9 Å². The minimum absolute atomic E-state index is 0.465. The van der Waals surface area contributed by atoms with E-state index in [2.05, 4.69) is 88.6 Å². The molecular formula is C21H42IN. The van der Waals surface area contributed by atoms with Gasteiger partial charge in [0, 0.05) is 10.5 Å². The minimum Gasteiger partial charge on any atom is -0.390 e. The van der Waals surface area contributed by atoms with Crippen LogP contribution >= 0.6 is 22.6 Å². The molecule has 1 N–H and O–H groups in total. The number of halogens is 1. The third-order valence-corrected chi connectivity index (χ3v) is 6.51. The molecule has 0 saturated heterocycles. The first kappa shape index (κ1) is 23.3. The van der Waals surface area contributed by atoms with E-state index in [1.807, 2.05) is 0 Å². The Kier molecular flexibility index (Phi) is 12.8. The summed E-state index contributed by atoms with van der Waals surface area (Å²) in [4.78, 5) is 0. The molecule has 0 fully saturated rings. The molecule has 1 nitrogen and oxygen atoms in total. The minimum atomic E-state index is 0.465. The molecule has 4 atom stereocenters. The Morgan fingerprint density at radius 1 is 1.04 bits per heavy atom. The van der Waals surface area contributed by atoms with Crippen LogP contribution in [0, 0.1) is 23.2 Å². The highest BCUT2D eigenvalue weighted by Gasteiger charge is 2.24. The largest absolute Gasteiger partial charge is 0.390 e. The van der Waals surface area contributed by atoms with Crippen LogP contribution in [0.5, 0.6) is 0 Å².